The van der Waals surface area contributed by atoms with Gasteiger partial charge in [0.1, 0.15) is 12.4 Å². The van der Waals surface area contributed by atoms with Crippen LogP contribution in [0.5, 0.6) is 5.75 Å². The molecule has 0 bridgehead atoms. The van der Waals surface area contributed by atoms with Crippen molar-refractivity contribution in [2.75, 3.05) is 6.61 Å². The average molecular weight is 267 g/mol. The topological polar surface area (TPSA) is 26.3 Å². The van der Waals surface area contributed by atoms with Crippen molar-refractivity contribution in [3.8, 4) is 5.75 Å². The highest BCUT2D eigenvalue weighted by Crippen LogP contribution is 2.38. The molecule has 0 aliphatic heterocycles. The lowest BCUT2D eigenvalue weighted by molar-refractivity contribution is -0.118. The second-order valence-corrected chi connectivity index (χ2v) is 5.44. The Labute approximate surface area is 113 Å². The Morgan fingerprint density at radius 2 is 2.06 bits per heavy atom. The van der Waals surface area contributed by atoms with Crippen LogP contribution in [-0.4, -0.2) is 12.4 Å². The summed E-state index contributed by atoms with van der Waals surface area (Å²) in [4.78, 5) is 11.0. The van der Waals surface area contributed by atoms with Crippen LogP contribution in [0, 0.1) is 0 Å². The maximum absolute atomic E-state index is 11.0. The van der Waals surface area contributed by atoms with Gasteiger partial charge in [0.2, 0.25) is 0 Å². The number of rotatable bonds is 4. The first-order chi connectivity index (χ1) is 8.66. The molecule has 0 radical (unpaired) electrons. The van der Waals surface area contributed by atoms with Crippen molar-refractivity contribution in [3.05, 3.63) is 28.8 Å². The van der Waals surface area contributed by atoms with Crippen LogP contribution in [0.3, 0.4) is 0 Å². The third kappa shape index (κ3) is 3.49. The molecule has 0 N–H and O–H groups in total. The molecule has 0 heterocycles. The molecule has 1 aliphatic rings. The number of carbonyl (C=O) groups is 1. The Morgan fingerprint density at radius 3 is 2.72 bits per heavy atom. The number of ketones is 1. The van der Waals surface area contributed by atoms with Gasteiger partial charge in [0.05, 0.1) is 0 Å². The van der Waals surface area contributed by atoms with E-state index in [2.05, 4.69) is 0 Å². The molecule has 3 heteroatoms. The Morgan fingerprint density at radius 1 is 1.33 bits per heavy atom. The van der Waals surface area contributed by atoms with Crippen molar-refractivity contribution >= 4 is 17.4 Å². The van der Waals surface area contributed by atoms with Gasteiger partial charge >= 0.3 is 0 Å². The summed E-state index contributed by atoms with van der Waals surface area (Å²) >= 11 is 6.08. The van der Waals surface area contributed by atoms with Crippen LogP contribution in [-0.2, 0) is 4.79 Å². The molecule has 2 rings (SSSR count). The maximum atomic E-state index is 11.0. The van der Waals surface area contributed by atoms with Crippen molar-refractivity contribution in [1.29, 1.82) is 0 Å². The smallest absolute Gasteiger partial charge is 0.167 e. The van der Waals surface area contributed by atoms with Crippen molar-refractivity contribution in [2.45, 2.75) is 44.9 Å². The maximum Gasteiger partial charge on any atom is 0.167 e. The van der Waals surface area contributed by atoms with Gasteiger partial charge in [-0.1, -0.05) is 30.9 Å². The van der Waals surface area contributed by atoms with Gasteiger partial charge in [0.15, 0.2) is 5.78 Å². The van der Waals surface area contributed by atoms with Gasteiger partial charge in [-0.05, 0) is 49.4 Å². The fourth-order valence-corrected chi connectivity index (χ4v) is 2.74. The monoisotopic (exact) mass is 266 g/mol. The first kappa shape index (κ1) is 13.4. The third-order valence-corrected chi connectivity index (χ3v) is 3.68. The van der Waals surface area contributed by atoms with Gasteiger partial charge in [-0.2, -0.15) is 0 Å². The van der Waals surface area contributed by atoms with E-state index in [1.165, 1.54) is 44.6 Å². The van der Waals surface area contributed by atoms with E-state index in [1.54, 1.807) is 0 Å². The van der Waals surface area contributed by atoms with Crippen molar-refractivity contribution < 1.29 is 9.53 Å². The average Bonchev–Trinajstić information content (AvgIpc) is 2.38. The zero-order chi connectivity index (χ0) is 13.0. The Kier molecular flexibility index (Phi) is 4.65. The Bertz CT molecular complexity index is 423. The molecule has 0 atom stereocenters. The second-order valence-electron chi connectivity index (χ2n) is 5.01. The highest BCUT2D eigenvalue weighted by Gasteiger charge is 2.19. The van der Waals surface area contributed by atoms with Crippen molar-refractivity contribution in [2.24, 2.45) is 0 Å². The van der Waals surface area contributed by atoms with Crippen LogP contribution < -0.4 is 4.74 Å². The molecular weight excluding hydrogens is 248 g/mol. The molecule has 0 saturated heterocycles. The predicted molar refractivity (Wildman–Crippen MR) is 73.5 cm³/mol. The second kappa shape index (κ2) is 6.24. The summed E-state index contributed by atoms with van der Waals surface area (Å²) in [6.07, 6.45) is 6.24. The molecule has 2 nitrogen and oxygen atoms in total. The molecule has 0 unspecified atom stereocenters. The van der Waals surface area contributed by atoms with Gasteiger partial charge in [0.25, 0.3) is 0 Å². The SMILES string of the molecule is CC(=O)COc1ccc(Cl)cc1C1CCCCC1. The molecule has 18 heavy (non-hydrogen) atoms. The highest BCUT2D eigenvalue weighted by molar-refractivity contribution is 6.30. The molecule has 1 aromatic rings. The summed E-state index contributed by atoms with van der Waals surface area (Å²) in [5.41, 5.74) is 1.17. The molecule has 0 amide bonds. The van der Waals surface area contributed by atoms with Crippen LogP contribution in [0.4, 0.5) is 0 Å². The molecule has 1 fully saturated rings. The van der Waals surface area contributed by atoms with E-state index < -0.39 is 0 Å². The largest absolute Gasteiger partial charge is 0.486 e. The minimum atomic E-state index is 0.0412. The van der Waals surface area contributed by atoms with E-state index in [-0.39, 0.29) is 12.4 Å². The number of carbonyl (C=O) groups excluding carboxylic acids is 1. The number of hydrogen-bond acceptors (Lipinski definition) is 2. The van der Waals surface area contributed by atoms with Crippen LogP contribution >= 0.6 is 11.6 Å². The van der Waals surface area contributed by atoms with Crippen LogP contribution in [0.15, 0.2) is 18.2 Å². The summed E-state index contributed by atoms with van der Waals surface area (Å²) in [7, 11) is 0. The lowest BCUT2D eigenvalue weighted by atomic mass is 9.84. The Hall–Kier alpha value is -1.02. The van der Waals surface area contributed by atoms with Gasteiger partial charge in [0, 0.05) is 5.02 Å². The molecular formula is C15H19ClO2. The van der Waals surface area contributed by atoms with Gasteiger partial charge in [-0.25, -0.2) is 0 Å². The number of hydrogen-bond donors (Lipinski definition) is 0. The van der Waals surface area contributed by atoms with Gasteiger partial charge < -0.3 is 4.74 Å². The molecule has 98 valence electrons. The Balaban J connectivity index is 2.19. The summed E-state index contributed by atoms with van der Waals surface area (Å²) in [5.74, 6) is 1.39. The van der Waals surface area contributed by atoms with Gasteiger partial charge in [-0.3, -0.25) is 4.79 Å². The zero-order valence-corrected chi connectivity index (χ0v) is 11.5. The van der Waals surface area contributed by atoms with Gasteiger partial charge in [-0.15, -0.1) is 0 Å². The summed E-state index contributed by atoms with van der Waals surface area (Å²) < 4.78 is 5.60. The normalized spacial score (nSPS) is 16.6. The standard InChI is InChI=1S/C15H19ClO2/c1-11(17)10-18-15-8-7-13(16)9-14(15)12-5-3-2-4-6-12/h7-9,12H,2-6,10H2,1H3. The fraction of sp³-hybridized carbons (Fsp3) is 0.533. The van der Waals surface area contributed by atoms with E-state index in [4.69, 9.17) is 16.3 Å². The first-order valence-electron chi connectivity index (χ1n) is 6.58. The van der Waals surface area contributed by atoms with Crippen LogP contribution in [0.1, 0.15) is 50.5 Å². The molecule has 0 spiro atoms. The minimum absolute atomic E-state index is 0.0412. The van der Waals surface area contributed by atoms with E-state index in [0.29, 0.717) is 5.92 Å². The highest BCUT2D eigenvalue weighted by atomic mass is 35.5. The molecule has 1 saturated carbocycles. The van der Waals surface area contributed by atoms with Crippen LogP contribution in [0.2, 0.25) is 5.02 Å². The lowest BCUT2D eigenvalue weighted by Gasteiger charge is -2.24. The van der Waals surface area contributed by atoms with E-state index in [9.17, 15) is 4.79 Å². The summed E-state index contributed by atoms with van der Waals surface area (Å²) in [6.45, 7) is 1.68. The zero-order valence-electron chi connectivity index (χ0n) is 10.7. The summed E-state index contributed by atoms with van der Waals surface area (Å²) in [5, 5.41) is 0.741. The first-order valence-corrected chi connectivity index (χ1v) is 6.96. The molecule has 1 aliphatic carbocycles. The minimum Gasteiger partial charge on any atom is -0.486 e. The van der Waals surface area contributed by atoms with Crippen molar-refractivity contribution in [1.82, 2.24) is 0 Å². The molecule has 1 aromatic carbocycles. The van der Waals surface area contributed by atoms with Crippen molar-refractivity contribution in [3.63, 3.8) is 0 Å². The van der Waals surface area contributed by atoms with Crippen LogP contribution in [0.25, 0.3) is 0 Å². The third-order valence-electron chi connectivity index (χ3n) is 3.45. The quantitative estimate of drug-likeness (QED) is 0.810. The van der Waals surface area contributed by atoms with E-state index >= 15 is 0 Å². The fourth-order valence-electron chi connectivity index (χ4n) is 2.56. The predicted octanol–water partition coefficient (Wildman–Crippen LogP) is 4.36. The number of Topliss-reactive ketones (excluding diaryl/α,β-unsaturated/α-hetero) is 1. The van der Waals surface area contributed by atoms with E-state index in [0.717, 1.165) is 10.8 Å². The number of halogens is 1. The lowest BCUT2D eigenvalue weighted by Crippen LogP contribution is -2.11. The molecule has 0 aromatic heterocycles. The summed E-state index contributed by atoms with van der Waals surface area (Å²) in [6, 6.07) is 5.70. The number of benzene rings is 1. The van der Waals surface area contributed by atoms with E-state index in [1.807, 2.05) is 18.2 Å². The number of ether oxygens (including phenoxy) is 1.